The second kappa shape index (κ2) is 7.65. The molecule has 0 bridgehead atoms. The number of phenols is 1. The number of fused-ring (bicyclic) bond motifs is 2. The molecule has 3 aliphatic heterocycles. The standard InChI is InChI=1S/C28H20O10/c1-13-9-15(33-2)11-17-16(13)3-4-18(29)23(17)25(31)35-19-10-14-7-8-27(22-12-34-26(32)36-22)21(37-27)6-5-20(30)28(14)24(19)38-28/h3-4,9-11,19-22,24,29-30H,12H2,1-2H3/t19-,20+,21+,22-,24+,27-,28+/m1/s1. The highest BCUT2D eigenvalue weighted by molar-refractivity contribution is 6.08. The van der Waals surface area contributed by atoms with E-state index in [9.17, 15) is 19.8 Å². The summed E-state index contributed by atoms with van der Waals surface area (Å²) in [4.78, 5) is 24.8. The maximum Gasteiger partial charge on any atom is 0.508 e. The van der Waals surface area contributed by atoms with Gasteiger partial charge in [0.1, 0.15) is 29.8 Å². The van der Waals surface area contributed by atoms with Gasteiger partial charge in [-0.05, 0) is 42.1 Å². The normalized spacial score (nSPS) is 35.2. The van der Waals surface area contributed by atoms with Crippen molar-refractivity contribution < 1.29 is 48.2 Å². The molecule has 192 valence electrons. The van der Waals surface area contributed by atoms with Crippen molar-refractivity contribution in [3.8, 4) is 35.2 Å². The number of hydrogen-bond donors (Lipinski definition) is 2. The Morgan fingerprint density at radius 2 is 2.03 bits per heavy atom. The SMILES string of the molecule is COc1cc(C)c2ccc(O)c(C(=O)O[C@@H]3C=C4C#C[C@@]5([C@H]6COC(=O)O6)O[C@H]5C#C[C@H](O)[C@@]45O[C@@H]35)c2c1. The molecule has 2 aromatic rings. The molecular weight excluding hydrogens is 496 g/mol. The van der Waals surface area contributed by atoms with Crippen LogP contribution < -0.4 is 4.74 Å². The summed E-state index contributed by atoms with van der Waals surface area (Å²) >= 11 is 0. The van der Waals surface area contributed by atoms with E-state index in [0.29, 0.717) is 16.7 Å². The van der Waals surface area contributed by atoms with Crippen LogP contribution in [0.5, 0.6) is 11.5 Å². The Labute approximate surface area is 216 Å². The predicted molar refractivity (Wildman–Crippen MR) is 127 cm³/mol. The van der Waals surface area contributed by atoms with Crippen LogP contribution in [0.3, 0.4) is 0 Å². The molecule has 2 N–H and O–H groups in total. The fourth-order valence-electron chi connectivity index (χ4n) is 5.46. The maximum atomic E-state index is 13.4. The molecule has 10 heteroatoms. The topological polar surface area (TPSA) is 137 Å². The zero-order valence-corrected chi connectivity index (χ0v) is 20.1. The molecule has 5 aliphatic rings. The minimum Gasteiger partial charge on any atom is -0.507 e. The van der Waals surface area contributed by atoms with Crippen LogP contribution in [0.1, 0.15) is 15.9 Å². The number of aliphatic hydroxyl groups is 1. The number of ether oxygens (including phenoxy) is 6. The third-order valence-corrected chi connectivity index (χ3v) is 7.58. The molecule has 3 saturated heterocycles. The predicted octanol–water partition coefficient (Wildman–Crippen LogP) is 1.52. The van der Waals surface area contributed by atoms with Crippen LogP contribution in [0.25, 0.3) is 10.8 Å². The number of epoxide rings is 2. The van der Waals surface area contributed by atoms with E-state index in [1.807, 2.05) is 13.0 Å². The summed E-state index contributed by atoms with van der Waals surface area (Å²) in [6, 6.07) is 6.65. The number of phenolic OH excluding ortho intramolecular Hbond substituents is 1. The van der Waals surface area contributed by atoms with Gasteiger partial charge in [-0.3, -0.25) is 0 Å². The highest BCUT2D eigenvalue weighted by Gasteiger charge is 2.72. The number of aliphatic hydroxyl groups excluding tert-OH is 1. The van der Waals surface area contributed by atoms with Crippen molar-refractivity contribution >= 4 is 22.9 Å². The van der Waals surface area contributed by atoms with Gasteiger partial charge in [0.15, 0.2) is 30.0 Å². The van der Waals surface area contributed by atoms with Gasteiger partial charge >= 0.3 is 12.1 Å². The van der Waals surface area contributed by atoms with Gasteiger partial charge in [-0.2, -0.15) is 0 Å². The Balaban J connectivity index is 1.23. The number of benzene rings is 2. The van der Waals surface area contributed by atoms with Crippen LogP contribution in [-0.2, 0) is 23.7 Å². The van der Waals surface area contributed by atoms with Crippen LogP contribution in [0.15, 0.2) is 35.9 Å². The fraction of sp³-hybridized carbons (Fsp3) is 0.357. The first-order valence-corrected chi connectivity index (χ1v) is 11.9. The van der Waals surface area contributed by atoms with Crippen LogP contribution in [0.2, 0.25) is 0 Å². The molecule has 3 fully saturated rings. The third-order valence-electron chi connectivity index (χ3n) is 7.58. The number of carbonyl (C=O) groups is 2. The summed E-state index contributed by atoms with van der Waals surface area (Å²) in [5.74, 6) is 11.1. The van der Waals surface area contributed by atoms with Crippen LogP contribution in [0, 0.1) is 30.6 Å². The summed E-state index contributed by atoms with van der Waals surface area (Å²) in [6.07, 6.45) is -3.53. The zero-order valence-electron chi connectivity index (χ0n) is 20.1. The van der Waals surface area contributed by atoms with Crippen molar-refractivity contribution in [1.82, 2.24) is 0 Å². The highest BCUT2D eigenvalue weighted by Crippen LogP contribution is 2.54. The molecule has 0 radical (unpaired) electrons. The maximum absolute atomic E-state index is 13.4. The second-order valence-electron chi connectivity index (χ2n) is 9.68. The van der Waals surface area contributed by atoms with Gasteiger partial charge in [-0.15, -0.1) is 0 Å². The zero-order chi connectivity index (χ0) is 26.4. The lowest BCUT2D eigenvalue weighted by Gasteiger charge is -2.15. The van der Waals surface area contributed by atoms with Gasteiger partial charge in [-0.25, -0.2) is 9.59 Å². The molecule has 1 spiro atoms. The van der Waals surface area contributed by atoms with Gasteiger partial charge < -0.3 is 38.6 Å². The first-order chi connectivity index (χ1) is 18.3. The minimum absolute atomic E-state index is 0.0126. The lowest BCUT2D eigenvalue weighted by atomic mass is 9.94. The first-order valence-electron chi connectivity index (χ1n) is 11.9. The molecule has 10 nitrogen and oxygen atoms in total. The molecule has 2 aliphatic carbocycles. The smallest absolute Gasteiger partial charge is 0.507 e. The van der Waals surface area contributed by atoms with E-state index in [4.69, 9.17) is 28.4 Å². The van der Waals surface area contributed by atoms with Crippen molar-refractivity contribution in [2.45, 2.75) is 48.6 Å². The van der Waals surface area contributed by atoms with Gasteiger partial charge in [-0.1, -0.05) is 29.7 Å². The molecule has 3 heterocycles. The van der Waals surface area contributed by atoms with Crippen molar-refractivity contribution in [1.29, 1.82) is 0 Å². The van der Waals surface area contributed by atoms with E-state index in [0.717, 1.165) is 10.9 Å². The van der Waals surface area contributed by atoms with E-state index in [1.54, 1.807) is 18.2 Å². The fourth-order valence-corrected chi connectivity index (χ4v) is 5.46. The Kier molecular flexibility index (Phi) is 4.62. The Bertz CT molecular complexity index is 1600. The van der Waals surface area contributed by atoms with Crippen molar-refractivity contribution in [2.75, 3.05) is 13.7 Å². The summed E-state index contributed by atoms with van der Waals surface area (Å²) in [5, 5.41) is 22.7. The van der Waals surface area contributed by atoms with E-state index in [-0.39, 0.29) is 17.9 Å². The summed E-state index contributed by atoms with van der Waals surface area (Å²) < 4.78 is 32.7. The van der Waals surface area contributed by atoms with Gasteiger partial charge in [0.05, 0.1) is 7.11 Å². The molecular formula is C28H20O10. The van der Waals surface area contributed by atoms with Gasteiger partial charge in [0.2, 0.25) is 5.60 Å². The van der Waals surface area contributed by atoms with E-state index in [1.165, 1.54) is 13.2 Å². The highest BCUT2D eigenvalue weighted by atomic mass is 16.8. The largest absolute Gasteiger partial charge is 0.508 e. The van der Waals surface area contributed by atoms with Crippen LogP contribution >= 0.6 is 0 Å². The average Bonchev–Trinajstić information content (AvgIpc) is 3.73. The van der Waals surface area contributed by atoms with E-state index >= 15 is 0 Å². The van der Waals surface area contributed by atoms with Gasteiger partial charge in [0, 0.05) is 11.0 Å². The number of aryl methyl sites for hydroxylation is 1. The average molecular weight is 516 g/mol. The van der Waals surface area contributed by atoms with Crippen molar-refractivity contribution in [3.05, 3.63) is 47.0 Å². The monoisotopic (exact) mass is 516 g/mol. The van der Waals surface area contributed by atoms with Crippen molar-refractivity contribution in [3.63, 3.8) is 0 Å². The van der Waals surface area contributed by atoms with E-state index < -0.39 is 53.8 Å². The molecule has 38 heavy (non-hydrogen) atoms. The van der Waals surface area contributed by atoms with E-state index in [2.05, 4.69) is 23.7 Å². The lowest BCUT2D eigenvalue weighted by molar-refractivity contribution is 0.0339. The number of methoxy groups -OCH3 is 1. The molecule has 0 amide bonds. The van der Waals surface area contributed by atoms with Crippen molar-refractivity contribution in [2.24, 2.45) is 0 Å². The first kappa shape index (κ1) is 22.9. The summed E-state index contributed by atoms with van der Waals surface area (Å²) in [5.41, 5.74) is -1.22. The molecule has 0 unspecified atom stereocenters. The number of esters is 1. The summed E-state index contributed by atoms with van der Waals surface area (Å²) in [6.45, 7) is 1.84. The molecule has 0 saturated carbocycles. The number of aromatic hydroxyl groups is 1. The minimum atomic E-state index is -1.27. The van der Waals surface area contributed by atoms with Gasteiger partial charge in [0.25, 0.3) is 0 Å². The Hall–Kier alpha value is -4.22. The lowest BCUT2D eigenvalue weighted by Crippen LogP contribution is -2.33. The number of hydrogen-bond acceptors (Lipinski definition) is 10. The van der Waals surface area contributed by atoms with Crippen LogP contribution in [0.4, 0.5) is 4.79 Å². The molecule has 0 aromatic heterocycles. The van der Waals surface area contributed by atoms with Crippen LogP contribution in [-0.4, -0.2) is 77.8 Å². The molecule has 7 rings (SSSR count). The molecule has 2 aromatic carbocycles. The Morgan fingerprint density at radius 1 is 1.18 bits per heavy atom. The third kappa shape index (κ3) is 3.09. The molecule has 7 atom stereocenters. The number of cyclic esters (lactones) is 2. The second-order valence-corrected chi connectivity index (χ2v) is 9.68. The number of carbonyl (C=O) groups excluding carboxylic acids is 2. The summed E-state index contributed by atoms with van der Waals surface area (Å²) in [7, 11) is 1.52. The number of rotatable bonds is 4. The Morgan fingerprint density at radius 3 is 2.79 bits per heavy atom. The quantitative estimate of drug-likeness (QED) is 0.350.